The summed E-state index contributed by atoms with van der Waals surface area (Å²) in [5.74, 6) is 0. The molecule has 1 atom stereocenters. The van der Waals surface area contributed by atoms with Crippen molar-refractivity contribution in [1.29, 1.82) is 0 Å². The zero-order valence-electron chi connectivity index (χ0n) is 11.3. The third-order valence-electron chi connectivity index (χ3n) is 3.69. The second-order valence-electron chi connectivity index (χ2n) is 5.89. The fourth-order valence-electron chi connectivity index (χ4n) is 2.43. The van der Waals surface area contributed by atoms with Crippen molar-refractivity contribution in [2.24, 2.45) is 0 Å². The average Bonchev–Trinajstić information content (AvgIpc) is 2.29. The van der Waals surface area contributed by atoms with E-state index in [-0.39, 0.29) is 5.54 Å². The molecular weight excluding hydrogens is 210 g/mol. The average molecular weight is 233 g/mol. The molecule has 0 aliphatic carbocycles. The first-order valence-corrected chi connectivity index (χ1v) is 6.34. The highest BCUT2D eigenvalue weighted by molar-refractivity contribution is 5.16. The molecule has 1 unspecified atom stereocenters. The van der Waals surface area contributed by atoms with Gasteiger partial charge in [-0.2, -0.15) is 0 Å². The van der Waals surface area contributed by atoms with Crippen LogP contribution in [0.5, 0.6) is 0 Å². The molecule has 0 aromatic carbocycles. The summed E-state index contributed by atoms with van der Waals surface area (Å²) in [6.07, 6.45) is 3.78. The summed E-state index contributed by atoms with van der Waals surface area (Å²) in [6.45, 7) is 10.3. The second kappa shape index (κ2) is 4.75. The van der Waals surface area contributed by atoms with Crippen molar-refractivity contribution in [3.05, 3.63) is 30.1 Å². The van der Waals surface area contributed by atoms with E-state index in [0.717, 1.165) is 19.6 Å². The van der Waals surface area contributed by atoms with E-state index in [4.69, 9.17) is 0 Å². The molecule has 0 N–H and O–H groups in total. The van der Waals surface area contributed by atoms with Crippen LogP contribution in [0, 0.1) is 0 Å². The molecule has 1 aromatic heterocycles. The van der Waals surface area contributed by atoms with Crippen LogP contribution in [0.25, 0.3) is 0 Å². The number of piperazine rings is 1. The van der Waals surface area contributed by atoms with E-state index >= 15 is 0 Å². The van der Waals surface area contributed by atoms with Crippen LogP contribution in [0.2, 0.25) is 0 Å². The lowest BCUT2D eigenvalue weighted by atomic mass is 9.99. The predicted octanol–water partition coefficient (Wildman–Crippen LogP) is 2.17. The minimum absolute atomic E-state index is 0.256. The Labute approximate surface area is 104 Å². The Kier molecular flexibility index (Phi) is 3.50. The van der Waals surface area contributed by atoms with Crippen molar-refractivity contribution in [3.63, 3.8) is 0 Å². The van der Waals surface area contributed by atoms with Gasteiger partial charge in [0, 0.05) is 43.6 Å². The van der Waals surface area contributed by atoms with Gasteiger partial charge in [0.2, 0.25) is 0 Å². The number of likely N-dealkylation sites (N-methyl/N-ethyl adjacent to an activating group) is 1. The zero-order chi connectivity index (χ0) is 12.5. The van der Waals surface area contributed by atoms with E-state index in [9.17, 15) is 0 Å². The summed E-state index contributed by atoms with van der Waals surface area (Å²) < 4.78 is 0. The SMILES string of the molecule is CN1CCN(C(C)(C)C)CC1c1ccncc1. The molecule has 0 bridgehead atoms. The maximum Gasteiger partial charge on any atom is 0.0474 e. The fraction of sp³-hybridized carbons (Fsp3) is 0.643. The first kappa shape index (κ1) is 12.5. The van der Waals surface area contributed by atoms with Crippen LogP contribution in [-0.2, 0) is 0 Å². The van der Waals surface area contributed by atoms with Crippen molar-refractivity contribution in [2.45, 2.75) is 32.4 Å². The topological polar surface area (TPSA) is 19.4 Å². The van der Waals surface area contributed by atoms with Crippen LogP contribution in [0.1, 0.15) is 32.4 Å². The summed E-state index contributed by atoms with van der Waals surface area (Å²) in [5.41, 5.74) is 1.63. The maximum absolute atomic E-state index is 4.10. The van der Waals surface area contributed by atoms with Gasteiger partial charge in [-0.3, -0.25) is 14.8 Å². The Hall–Kier alpha value is -0.930. The van der Waals surface area contributed by atoms with E-state index in [1.807, 2.05) is 12.4 Å². The van der Waals surface area contributed by atoms with Gasteiger partial charge in [-0.25, -0.2) is 0 Å². The van der Waals surface area contributed by atoms with Gasteiger partial charge in [-0.05, 0) is 45.5 Å². The summed E-state index contributed by atoms with van der Waals surface area (Å²) in [7, 11) is 2.21. The molecular formula is C14H23N3. The van der Waals surface area contributed by atoms with Crippen LogP contribution in [0.4, 0.5) is 0 Å². The van der Waals surface area contributed by atoms with E-state index in [2.05, 4.69) is 54.7 Å². The Bertz CT molecular complexity index is 355. The minimum atomic E-state index is 0.256. The van der Waals surface area contributed by atoms with Crippen molar-refractivity contribution in [2.75, 3.05) is 26.7 Å². The first-order chi connectivity index (χ1) is 7.98. The van der Waals surface area contributed by atoms with Crippen molar-refractivity contribution >= 4 is 0 Å². The third kappa shape index (κ3) is 2.85. The number of hydrogen-bond acceptors (Lipinski definition) is 3. The Morgan fingerprint density at radius 2 is 1.82 bits per heavy atom. The van der Waals surface area contributed by atoms with E-state index < -0.39 is 0 Å². The van der Waals surface area contributed by atoms with Crippen LogP contribution in [0.15, 0.2) is 24.5 Å². The Balaban J connectivity index is 2.16. The maximum atomic E-state index is 4.10. The van der Waals surface area contributed by atoms with Gasteiger partial charge in [0.05, 0.1) is 0 Å². The predicted molar refractivity (Wildman–Crippen MR) is 70.9 cm³/mol. The molecule has 2 heterocycles. The molecule has 3 nitrogen and oxygen atoms in total. The summed E-state index contributed by atoms with van der Waals surface area (Å²) in [6, 6.07) is 4.76. The lowest BCUT2D eigenvalue weighted by Gasteiger charge is -2.45. The highest BCUT2D eigenvalue weighted by Crippen LogP contribution is 2.27. The molecule has 0 amide bonds. The van der Waals surface area contributed by atoms with Crippen LogP contribution in [0.3, 0.4) is 0 Å². The van der Waals surface area contributed by atoms with E-state index in [0.29, 0.717) is 6.04 Å². The zero-order valence-corrected chi connectivity index (χ0v) is 11.3. The summed E-state index contributed by atoms with van der Waals surface area (Å²) in [5, 5.41) is 0. The molecule has 3 heteroatoms. The fourth-order valence-corrected chi connectivity index (χ4v) is 2.43. The van der Waals surface area contributed by atoms with Gasteiger partial charge in [-0.15, -0.1) is 0 Å². The quantitative estimate of drug-likeness (QED) is 0.741. The van der Waals surface area contributed by atoms with Gasteiger partial charge in [0.25, 0.3) is 0 Å². The third-order valence-corrected chi connectivity index (χ3v) is 3.69. The highest BCUT2D eigenvalue weighted by Gasteiger charge is 2.31. The Morgan fingerprint density at radius 3 is 2.41 bits per heavy atom. The molecule has 1 aliphatic rings. The number of rotatable bonds is 1. The highest BCUT2D eigenvalue weighted by atomic mass is 15.3. The second-order valence-corrected chi connectivity index (χ2v) is 5.89. The largest absolute Gasteiger partial charge is 0.297 e. The monoisotopic (exact) mass is 233 g/mol. The van der Waals surface area contributed by atoms with Crippen molar-refractivity contribution < 1.29 is 0 Å². The molecule has 0 radical (unpaired) electrons. The normalized spacial score (nSPS) is 23.9. The lowest BCUT2D eigenvalue weighted by molar-refractivity contribution is 0.0345. The number of hydrogen-bond donors (Lipinski definition) is 0. The number of nitrogens with zero attached hydrogens (tertiary/aromatic N) is 3. The van der Waals surface area contributed by atoms with E-state index in [1.165, 1.54) is 5.56 Å². The lowest BCUT2D eigenvalue weighted by Crippen LogP contribution is -2.53. The molecule has 17 heavy (non-hydrogen) atoms. The molecule has 1 saturated heterocycles. The molecule has 94 valence electrons. The molecule has 1 fully saturated rings. The van der Waals surface area contributed by atoms with Gasteiger partial charge < -0.3 is 0 Å². The van der Waals surface area contributed by atoms with Gasteiger partial charge >= 0.3 is 0 Å². The smallest absolute Gasteiger partial charge is 0.0474 e. The van der Waals surface area contributed by atoms with Crippen LogP contribution >= 0.6 is 0 Å². The van der Waals surface area contributed by atoms with Gasteiger partial charge in [0.15, 0.2) is 0 Å². The number of aromatic nitrogens is 1. The van der Waals surface area contributed by atoms with Crippen molar-refractivity contribution in [3.8, 4) is 0 Å². The minimum Gasteiger partial charge on any atom is -0.297 e. The number of pyridine rings is 1. The summed E-state index contributed by atoms with van der Waals surface area (Å²) in [4.78, 5) is 9.11. The summed E-state index contributed by atoms with van der Waals surface area (Å²) >= 11 is 0. The van der Waals surface area contributed by atoms with Crippen LogP contribution in [-0.4, -0.2) is 47.0 Å². The van der Waals surface area contributed by atoms with Crippen molar-refractivity contribution in [1.82, 2.24) is 14.8 Å². The molecule has 0 saturated carbocycles. The van der Waals surface area contributed by atoms with Gasteiger partial charge in [0.1, 0.15) is 0 Å². The van der Waals surface area contributed by atoms with Gasteiger partial charge in [-0.1, -0.05) is 0 Å². The van der Waals surface area contributed by atoms with E-state index in [1.54, 1.807) is 0 Å². The first-order valence-electron chi connectivity index (χ1n) is 6.34. The van der Waals surface area contributed by atoms with Crippen LogP contribution < -0.4 is 0 Å². The standard InChI is InChI=1S/C14H23N3/c1-14(2,3)17-10-9-16(4)13(11-17)12-5-7-15-8-6-12/h5-8,13H,9-11H2,1-4H3. The molecule has 1 aromatic rings. The molecule has 0 spiro atoms. The molecule has 2 rings (SSSR count). The molecule has 1 aliphatic heterocycles. The Morgan fingerprint density at radius 1 is 1.18 bits per heavy atom.